The zero-order chi connectivity index (χ0) is 12.5. The van der Waals surface area contributed by atoms with Crippen LogP contribution in [0.15, 0.2) is 4.47 Å². The van der Waals surface area contributed by atoms with Crippen molar-refractivity contribution in [3.05, 3.63) is 16.0 Å². The molecule has 0 bridgehead atoms. The van der Waals surface area contributed by atoms with Crippen LogP contribution in [0, 0.1) is 5.92 Å². The van der Waals surface area contributed by atoms with Crippen molar-refractivity contribution in [1.82, 2.24) is 9.97 Å². The van der Waals surface area contributed by atoms with Gasteiger partial charge in [-0.15, -0.1) is 0 Å². The van der Waals surface area contributed by atoms with Crippen LogP contribution in [0.4, 0.5) is 5.82 Å². The Balaban J connectivity index is 3.22. The van der Waals surface area contributed by atoms with E-state index in [0.29, 0.717) is 11.7 Å². The van der Waals surface area contributed by atoms with Gasteiger partial charge in [-0.1, -0.05) is 34.6 Å². The molecular weight excluding hydrogens is 266 g/mol. The highest BCUT2D eigenvalue weighted by Crippen LogP contribution is 2.27. The number of aromatic nitrogens is 2. The molecule has 0 saturated carbocycles. The molecule has 0 spiro atoms. The van der Waals surface area contributed by atoms with Gasteiger partial charge >= 0.3 is 0 Å². The van der Waals surface area contributed by atoms with Crippen LogP contribution in [-0.4, -0.2) is 9.97 Å². The topological polar surface area (TPSA) is 51.8 Å². The lowest BCUT2D eigenvalue weighted by Crippen LogP contribution is -2.19. The fourth-order valence-corrected chi connectivity index (χ4v) is 1.71. The van der Waals surface area contributed by atoms with Crippen LogP contribution >= 0.6 is 15.9 Å². The summed E-state index contributed by atoms with van der Waals surface area (Å²) in [6.45, 7) is 10.6. The van der Waals surface area contributed by atoms with Crippen molar-refractivity contribution >= 4 is 21.7 Å². The monoisotopic (exact) mass is 285 g/mol. The summed E-state index contributed by atoms with van der Waals surface area (Å²) in [7, 11) is 0. The number of rotatable bonds is 2. The van der Waals surface area contributed by atoms with Gasteiger partial charge in [0.15, 0.2) is 0 Å². The van der Waals surface area contributed by atoms with E-state index in [0.717, 1.165) is 22.4 Å². The average Bonchev–Trinajstić information content (AvgIpc) is 2.10. The average molecular weight is 286 g/mol. The molecule has 0 aliphatic carbocycles. The second kappa shape index (κ2) is 4.70. The Labute approximate surface area is 106 Å². The molecule has 0 atom stereocenters. The van der Waals surface area contributed by atoms with Crippen LogP contribution in [0.3, 0.4) is 0 Å². The Hall–Kier alpha value is -0.640. The Morgan fingerprint density at radius 1 is 1.25 bits per heavy atom. The molecule has 0 aliphatic heterocycles. The summed E-state index contributed by atoms with van der Waals surface area (Å²) in [6, 6.07) is 0. The van der Waals surface area contributed by atoms with Crippen LogP contribution < -0.4 is 5.73 Å². The largest absolute Gasteiger partial charge is 0.383 e. The lowest BCUT2D eigenvalue weighted by molar-refractivity contribution is 0.535. The van der Waals surface area contributed by atoms with Crippen molar-refractivity contribution in [2.45, 2.75) is 46.5 Å². The quantitative estimate of drug-likeness (QED) is 0.907. The molecule has 0 radical (unpaired) electrons. The highest BCUT2D eigenvalue weighted by Gasteiger charge is 2.20. The Bertz CT molecular complexity index is 381. The molecule has 0 aromatic carbocycles. The molecule has 0 amide bonds. The number of nitrogen functional groups attached to an aromatic ring is 1. The Morgan fingerprint density at radius 3 is 2.25 bits per heavy atom. The third kappa shape index (κ3) is 3.17. The van der Waals surface area contributed by atoms with Crippen molar-refractivity contribution in [1.29, 1.82) is 0 Å². The highest BCUT2D eigenvalue weighted by atomic mass is 79.9. The van der Waals surface area contributed by atoms with Crippen LogP contribution in [0.25, 0.3) is 0 Å². The second-order valence-electron chi connectivity index (χ2n) is 5.54. The van der Waals surface area contributed by atoms with Gasteiger partial charge in [0.25, 0.3) is 0 Å². The number of nitrogens with zero attached hydrogens (tertiary/aromatic N) is 2. The van der Waals surface area contributed by atoms with E-state index >= 15 is 0 Å². The van der Waals surface area contributed by atoms with E-state index in [1.54, 1.807) is 0 Å². The van der Waals surface area contributed by atoms with Crippen LogP contribution in [0.5, 0.6) is 0 Å². The fraction of sp³-hybridized carbons (Fsp3) is 0.667. The molecule has 90 valence electrons. The predicted molar refractivity (Wildman–Crippen MR) is 71.4 cm³/mol. The van der Waals surface area contributed by atoms with E-state index in [9.17, 15) is 0 Å². The first kappa shape index (κ1) is 13.4. The zero-order valence-corrected chi connectivity index (χ0v) is 12.2. The van der Waals surface area contributed by atoms with E-state index < -0.39 is 0 Å². The molecular formula is C12H20BrN3. The van der Waals surface area contributed by atoms with Gasteiger partial charge in [-0.25, -0.2) is 9.97 Å². The molecule has 1 aromatic rings. The van der Waals surface area contributed by atoms with Crippen LogP contribution in [0.1, 0.15) is 46.1 Å². The lowest BCUT2D eigenvalue weighted by atomic mass is 9.95. The Morgan fingerprint density at radius 2 is 1.81 bits per heavy atom. The van der Waals surface area contributed by atoms with Crippen molar-refractivity contribution in [3.8, 4) is 0 Å². The van der Waals surface area contributed by atoms with E-state index in [1.165, 1.54) is 0 Å². The third-order valence-corrected chi connectivity index (χ3v) is 3.08. The van der Waals surface area contributed by atoms with Gasteiger partial charge in [-0.05, 0) is 28.3 Å². The van der Waals surface area contributed by atoms with E-state index in [-0.39, 0.29) is 5.41 Å². The molecule has 0 unspecified atom stereocenters. The van der Waals surface area contributed by atoms with E-state index in [1.807, 2.05) is 0 Å². The number of nitrogens with two attached hydrogens (primary N) is 1. The van der Waals surface area contributed by atoms with Gasteiger partial charge in [0, 0.05) is 5.41 Å². The van der Waals surface area contributed by atoms with E-state index in [4.69, 9.17) is 5.73 Å². The molecule has 0 aliphatic rings. The molecule has 16 heavy (non-hydrogen) atoms. The maximum atomic E-state index is 5.90. The zero-order valence-electron chi connectivity index (χ0n) is 10.6. The summed E-state index contributed by atoms with van der Waals surface area (Å²) in [5.41, 5.74) is 6.83. The molecule has 0 fully saturated rings. The minimum atomic E-state index is -0.0689. The van der Waals surface area contributed by atoms with Gasteiger partial charge in [0.2, 0.25) is 0 Å². The van der Waals surface area contributed by atoms with Crippen molar-refractivity contribution < 1.29 is 0 Å². The second-order valence-corrected chi connectivity index (χ2v) is 6.33. The summed E-state index contributed by atoms with van der Waals surface area (Å²) in [4.78, 5) is 8.94. The Kier molecular flexibility index (Phi) is 3.94. The first-order chi connectivity index (χ1) is 7.21. The minimum Gasteiger partial charge on any atom is -0.383 e. The maximum absolute atomic E-state index is 5.90. The van der Waals surface area contributed by atoms with Gasteiger partial charge in [-0.2, -0.15) is 0 Å². The molecule has 4 heteroatoms. The van der Waals surface area contributed by atoms with Gasteiger partial charge < -0.3 is 5.73 Å². The van der Waals surface area contributed by atoms with Gasteiger partial charge in [0.1, 0.15) is 11.6 Å². The third-order valence-electron chi connectivity index (χ3n) is 2.22. The van der Waals surface area contributed by atoms with Crippen LogP contribution in [-0.2, 0) is 11.8 Å². The minimum absolute atomic E-state index is 0.0689. The first-order valence-corrected chi connectivity index (χ1v) is 6.33. The van der Waals surface area contributed by atoms with Crippen LogP contribution in [0.2, 0.25) is 0 Å². The fourth-order valence-electron chi connectivity index (χ4n) is 1.37. The SMILES string of the molecule is CC(C)Cc1nc(C(C)(C)C)nc(N)c1Br. The highest BCUT2D eigenvalue weighted by molar-refractivity contribution is 9.10. The lowest BCUT2D eigenvalue weighted by Gasteiger charge is -2.19. The standard InChI is InChI=1S/C12H20BrN3/c1-7(2)6-8-9(13)10(14)16-11(15-8)12(3,4)5/h7H,6H2,1-5H3,(H2,14,15,16). The normalized spacial score (nSPS) is 12.2. The van der Waals surface area contributed by atoms with Crippen molar-refractivity contribution in [2.24, 2.45) is 5.92 Å². The number of hydrogen-bond donors (Lipinski definition) is 1. The summed E-state index contributed by atoms with van der Waals surface area (Å²) in [5, 5.41) is 0. The molecule has 0 saturated heterocycles. The number of anilines is 1. The molecule has 1 aromatic heterocycles. The summed E-state index contributed by atoms with van der Waals surface area (Å²) >= 11 is 3.46. The smallest absolute Gasteiger partial charge is 0.141 e. The summed E-state index contributed by atoms with van der Waals surface area (Å²) < 4.78 is 0.842. The first-order valence-electron chi connectivity index (χ1n) is 5.54. The number of halogens is 1. The molecule has 1 rings (SSSR count). The predicted octanol–water partition coefficient (Wildman–Crippen LogP) is 3.32. The van der Waals surface area contributed by atoms with Gasteiger partial charge in [0.05, 0.1) is 10.2 Å². The van der Waals surface area contributed by atoms with E-state index in [2.05, 4.69) is 60.5 Å². The summed E-state index contributed by atoms with van der Waals surface area (Å²) in [5.74, 6) is 1.90. The number of hydrogen-bond acceptors (Lipinski definition) is 3. The maximum Gasteiger partial charge on any atom is 0.141 e. The van der Waals surface area contributed by atoms with Crippen molar-refractivity contribution in [3.63, 3.8) is 0 Å². The molecule has 1 heterocycles. The molecule has 2 N–H and O–H groups in total. The molecule has 3 nitrogen and oxygen atoms in total. The van der Waals surface area contributed by atoms with Gasteiger partial charge in [-0.3, -0.25) is 0 Å². The van der Waals surface area contributed by atoms with Crippen molar-refractivity contribution in [2.75, 3.05) is 5.73 Å². The summed E-state index contributed by atoms with van der Waals surface area (Å²) in [6.07, 6.45) is 0.913.